The van der Waals surface area contributed by atoms with E-state index in [1.54, 1.807) is 0 Å². The number of nitrogens with zero attached hydrogens (tertiary/aromatic N) is 5. The van der Waals surface area contributed by atoms with Gasteiger partial charge in [-0.1, -0.05) is 0 Å². The van der Waals surface area contributed by atoms with Crippen molar-refractivity contribution in [1.29, 1.82) is 0 Å². The maximum absolute atomic E-state index is 13.1. The Bertz CT molecular complexity index is 571. The molecule has 6 nitrogen and oxygen atoms in total. The van der Waals surface area contributed by atoms with Gasteiger partial charge in [-0.25, -0.2) is 9.97 Å². The summed E-state index contributed by atoms with van der Waals surface area (Å²) in [6.07, 6.45) is 4.26. The fourth-order valence-corrected chi connectivity index (χ4v) is 2.01. The van der Waals surface area contributed by atoms with E-state index in [2.05, 4.69) is 15.0 Å². The number of hydroxylamine groups is 2. The highest BCUT2D eigenvalue weighted by Gasteiger charge is 2.30. The van der Waals surface area contributed by atoms with Crippen LogP contribution in [0.2, 0.25) is 0 Å². The van der Waals surface area contributed by atoms with Gasteiger partial charge >= 0.3 is 6.55 Å². The Morgan fingerprint density at radius 2 is 2.11 bits per heavy atom. The summed E-state index contributed by atoms with van der Waals surface area (Å²) < 4.78 is 27.0. The van der Waals surface area contributed by atoms with Crippen LogP contribution in [0.3, 0.4) is 0 Å². The van der Waals surface area contributed by atoms with Crippen molar-refractivity contribution in [2.75, 3.05) is 0 Å². The van der Waals surface area contributed by atoms with Gasteiger partial charge in [-0.15, -0.1) is 0 Å². The van der Waals surface area contributed by atoms with E-state index in [-0.39, 0.29) is 24.6 Å². The van der Waals surface area contributed by atoms with Crippen LogP contribution < -0.4 is 0 Å². The van der Waals surface area contributed by atoms with Crippen molar-refractivity contribution in [3.8, 4) is 11.5 Å². The third-order valence-corrected chi connectivity index (χ3v) is 2.74. The van der Waals surface area contributed by atoms with Gasteiger partial charge in [0.2, 0.25) is 0 Å². The lowest BCUT2D eigenvalue weighted by Gasteiger charge is -2.10. The van der Waals surface area contributed by atoms with E-state index >= 15 is 0 Å². The molecule has 1 N–H and O–H groups in total. The average molecular weight is 253 g/mol. The van der Waals surface area contributed by atoms with Crippen molar-refractivity contribution in [3.05, 3.63) is 30.0 Å². The van der Waals surface area contributed by atoms with Gasteiger partial charge in [-0.05, 0) is 0 Å². The Morgan fingerprint density at radius 3 is 2.78 bits per heavy atom. The molecule has 2 aromatic heterocycles. The smallest absolute Gasteiger partial charge is 0.313 e. The minimum atomic E-state index is -2.73. The molecule has 3 rings (SSSR count). The highest BCUT2D eigenvalue weighted by molar-refractivity contribution is 5.50. The zero-order chi connectivity index (χ0) is 12.7. The summed E-state index contributed by atoms with van der Waals surface area (Å²) in [5, 5.41) is 10.3. The van der Waals surface area contributed by atoms with Gasteiger partial charge in [0.15, 0.2) is 5.82 Å². The molecule has 0 spiro atoms. The van der Waals surface area contributed by atoms with Crippen LogP contribution in [0.25, 0.3) is 11.5 Å². The number of rotatable bonds is 2. The zero-order valence-electron chi connectivity index (χ0n) is 9.16. The molecule has 0 aromatic carbocycles. The van der Waals surface area contributed by atoms with E-state index in [1.165, 1.54) is 18.6 Å². The molecule has 0 saturated carbocycles. The molecule has 1 aliphatic heterocycles. The number of fused-ring (bicyclic) bond motifs is 1. The number of halogens is 2. The van der Waals surface area contributed by atoms with Crippen molar-refractivity contribution in [1.82, 2.24) is 24.6 Å². The molecule has 0 aliphatic carbocycles. The predicted molar refractivity (Wildman–Crippen MR) is 55.5 cm³/mol. The SMILES string of the molecule is ON1Cc2nc(-c3cnccn3)n(C(F)F)c2C1. The van der Waals surface area contributed by atoms with Crippen molar-refractivity contribution in [2.24, 2.45) is 0 Å². The molecular formula is C10H9F2N5O. The lowest BCUT2D eigenvalue weighted by molar-refractivity contribution is -0.0995. The van der Waals surface area contributed by atoms with Crippen LogP contribution in [-0.4, -0.2) is 29.8 Å². The second-order valence-corrected chi connectivity index (χ2v) is 3.89. The van der Waals surface area contributed by atoms with Crippen LogP contribution in [0, 0.1) is 0 Å². The number of aromatic nitrogens is 4. The first kappa shape index (κ1) is 11.2. The first-order chi connectivity index (χ1) is 8.66. The number of alkyl halides is 2. The molecule has 0 radical (unpaired) electrons. The van der Waals surface area contributed by atoms with Crippen LogP contribution in [-0.2, 0) is 13.1 Å². The van der Waals surface area contributed by atoms with Crippen molar-refractivity contribution in [3.63, 3.8) is 0 Å². The fourth-order valence-electron chi connectivity index (χ4n) is 2.01. The largest absolute Gasteiger partial charge is 0.320 e. The Kier molecular flexibility index (Phi) is 2.53. The van der Waals surface area contributed by atoms with E-state index in [4.69, 9.17) is 0 Å². The standard InChI is InChI=1S/C10H9F2N5O/c11-10(12)17-8-5-16(18)4-7(8)15-9(17)6-3-13-1-2-14-6/h1-3,10,18H,4-5H2. The van der Waals surface area contributed by atoms with Crippen LogP contribution in [0.5, 0.6) is 0 Å². The maximum atomic E-state index is 13.1. The molecule has 0 bridgehead atoms. The number of imidazole rings is 1. The molecule has 18 heavy (non-hydrogen) atoms. The van der Waals surface area contributed by atoms with Crippen molar-refractivity contribution < 1.29 is 14.0 Å². The molecule has 3 heterocycles. The van der Waals surface area contributed by atoms with E-state index in [0.29, 0.717) is 11.4 Å². The molecule has 0 unspecified atom stereocenters. The van der Waals surface area contributed by atoms with E-state index in [9.17, 15) is 14.0 Å². The highest BCUT2D eigenvalue weighted by Crippen LogP contribution is 2.31. The van der Waals surface area contributed by atoms with Crippen LogP contribution >= 0.6 is 0 Å². The van der Waals surface area contributed by atoms with Gasteiger partial charge in [0.25, 0.3) is 0 Å². The second-order valence-electron chi connectivity index (χ2n) is 3.89. The number of hydrogen-bond donors (Lipinski definition) is 1. The Hall–Kier alpha value is -1.93. The molecule has 2 aromatic rings. The monoisotopic (exact) mass is 253 g/mol. The molecule has 0 atom stereocenters. The first-order valence-corrected chi connectivity index (χ1v) is 5.25. The quantitative estimate of drug-likeness (QED) is 0.877. The summed E-state index contributed by atoms with van der Waals surface area (Å²) >= 11 is 0. The zero-order valence-corrected chi connectivity index (χ0v) is 9.16. The van der Waals surface area contributed by atoms with Gasteiger partial charge in [0.05, 0.1) is 30.7 Å². The Balaban J connectivity index is 2.15. The molecule has 0 amide bonds. The summed E-state index contributed by atoms with van der Waals surface area (Å²) in [5.41, 5.74) is 1.04. The second kappa shape index (κ2) is 4.07. The predicted octanol–water partition coefficient (Wildman–Crippen LogP) is 1.44. The molecular weight excluding hydrogens is 244 g/mol. The summed E-state index contributed by atoms with van der Waals surface area (Å²) in [4.78, 5) is 11.9. The van der Waals surface area contributed by atoms with E-state index in [1.807, 2.05) is 0 Å². The van der Waals surface area contributed by atoms with Crippen LogP contribution in [0.15, 0.2) is 18.6 Å². The maximum Gasteiger partial charge on any atom is 0.320 e. The molecule has 0 saturated heterocycles. The lowest BCUT2D eigenvalue weighted by atomic mass is 10.4. The van der Waals surface area contributed by atoms with Gasteiger partial charge in [-0.3, -0.25) is 9.55 Å². The lowest BCUT2D eigenvalue weighted by Crippen LogP contribution is -2.14. The number of hydrogen-bond acceptors (Lipinski definition) is 5. The minimum Gasteiger partial charge on any atom is -0.313 e. The summed E-state index contributed by atoms with van der Waals surface area (Å²) in [5.74, 6) is 0.0798. The third-order valence-electron chi connectivity index (χ3n) is 2.74. The molecule has 8 heteroatoms. The molecule has 94 valence electrons. The summed E-state index contributed by atoms with van der Waals surface area (Å²) in [7, 11) is 0. The normalized spacial score (nSPS) is 15.3. The third kappa shape index (κ3) is 1.66. The van der Waals surface area contributed by atoms with E-state index < -0.39 is 6.55 Å². The topological polar surface area (TPSA) is 67.1 Å². The first-order valence-electron chi connectivity index (χ1n) is 5.25. The van der Waals surface area contributed by atoms with Crippen molar-refractivity contribution in [2.45, 2.75) is 19.6 Å². The summed E-state index contributed by atoms with van der Waals surface area (Å²) in [6.45, 7) is -2.56. The minimum absolute atomic E-state index is 0.0347. The Labute approximate surface area is 100 Å². The highest BCUT2D eigenvalue weighted by atomic mass is 19.3. The van der Waals surface area contributed by atoms with Gasteiger partial charge in [0, 0.05) is 12.4 Å². The molecule has 0 fully saturated rings. The van der Waals surface area contributed by atoms with Gasteiger partial charge in [-0.2, -0.15) is 13.8 Å². The van der Waals surface area contributed by atoms with Gasteiger partial charge < -0.3 is 5.21 Å². The summed E-state index contributed by atoms with van der Waals surface area (Å²) in [6, 6.07) is 0. The average Bonchev–Trinajstić information content (AvgIpc) is 2.85. The Morgan fingerprint density at radius 1 is 1.28 bits per heavy atom. The molecule has 1 aliphatic rings. The van der Waals surface area contributed by atoms with Crippen LogP contribution in [0.1, 0.15) is 17.9 Å². The van der Waals surface area contributed by atoms with Gasteiger partial charge in [0.1, 0.15) is 5.69 Å². The van der Waals surface area contributed by atoms with Crippen LogP contribution in [0.4, 0.5) is 8.78 Å². The van der Waals surface area contributed by atoms with E-state index in [0.717, 1.165) is 9.63 Å². The van der Waals surface area contributed by atoms with Crippen molar-refractivity contribution >= 4 is 0 Å². The fraction of sp³-hybridized carbons (Fsp3) is 0.300.